The van der Waals surface area contributed by atoms with Crippen molar-refractivity contribution < 1.29 is 17.6 Å². The number of nitrogens with zero attached hydrogens (tertiary/aromatic N) is 3. The van der Waals surface area contributed by atoms with E-state index >= 15 is 0 Å². The van der Waals surface area contributed by atoms with E-state index in [1.54, 1.807) is 18.2 Å². The third-order valence-electron chi connectivity index (χ3n) is 4.49. The molecule has 0 unspecified atom stereocenters. The van der Waals surface area contributed by atoms with Gasteiger partial charge in [0.15, 0.2) is 5.58 Å². The maximum Gasteiger partial charge on any atom is 0.416 e. The summed E-state index contributed by atoms with van der Waals surface area (Å²) in [4.78, 5) is 10.5. The van der Waals surface area contributed by atoms with Crippen molar-refractivity contribution in [2.75, 3.05) is 24.5 Å². The number of halogens is 3. The van der Waals surface area contributed by atoms with Crippen molar-refractivity contribution in [1.29, 1.82) is 0 Å². The number of alkyl halides is 3. The Morgan fingerprint density at radius 2 is 2.12 bits per heavy atom. The normalized spacial score (nSPS) is 18.5. The van der Waals surface area contributed by atoms with Gasteiger partial charge in [-0.1, -0.05) is 6.07 Å². The lowest BCUT2D eigenvalue weighted by Crippen LogP contribution is -2.50. The van der Waals surface area contributed by atoms with Gasteiger partial charge in [0.1, 0.15) is 5.52 Å². The van der Waals surface area contributed by atoms with Crippen LogP contribution in [0.1, 0.15) is 12.5 Å². The molecule has 0 saturated carbocycles. The predicted molar refractivity (Wildman–Crippen MR) is 91.9 cm³/mol. The van der Waals surface area contributed by atoms with Crippen molar-refractivity contribution in [3.63, 3.8) is 0 Å². The van der Waals surface area contributed by atoms with Crippen LogP contribution in [0.25, 0.3) is 22.4 Å². The lowest BCUT2D eigenvalue weighted by Gasteiger charge is -2.32. The second-order valence-electron chi connectivity index (χ2n) is 6.33. The molecule has 136 valence electrons. The largest absolute Gasteiger partial charge is 0.423 e. The number of fused-ring (bicyclic) bond motifs is 1. The molecule has 1 N–H and O–H groups in total. The first-order chi connectivity index (χ1) is 12.4. The average molecular weight is 362 g/mol. The summed E-state index contributed by atoms with van der Waals surface area (Å²) in [5.74, 6) is 0. The van der Waals surface area contributed by atoms with Crippen molar-refractivity contribution in [3.8, 4) is 11.3 Å². The molecular weight excluding hydrogens is 345 g/mol. The Balaban J connectivity index is 1.90. The van der Waals surface area contributed by atoms with Crippen LogP contribution in [0.4, 0.5) is 19.2 Å². The number of hydrogen-bond donors (Lipinski definition) is 1. The smallest absolute Gasteiger partial charge is 0.416 e. The monoisotopic (exact) mass is 362 g/mol. The van der Waals surface area contributed by atoms with Crippen molar-refractivity contribution in [1.82, 2.24) is 15.3 Å². The van der Waals surface area contributed by atoms with E-state index in [4.69, 9.17) is 4.42 Å². The molecule has 26 heavy (non-hydrogen) atoms. The topological polar surface area (TPSA) is 54.2 Å². The van der Waals surface area contributed by atoms with Crippen molar-refractivity contribution in [2.24, 2.45) is 0 Å². The summed E-state index contributed by atoms with van der Waals surface area (Å²) in [5.41, 5.74) is 0.439. The summed E-state index contributed by atoms with van der Waals surface area (Å²) in [6, 6.07) is 7.67. The van der Waals surface area contributed by atoms with Gasteiger partial charge in [-0.2, -0.15) is 18.2 Å². The second kappa shape index (κ2) is 6.28. The molecule has 3 aromatic rings. The zero-order valence-electron chi connectivity index (χ0n) is 14.0. The first-order valence-corrected chi connectivity index (χ1v) is 8.34. The van der Waals surface area contributed by atoms with E-state index in [1.807, 2.05) is 11.8 Å². The minimum atomic E-state index is -4.47. The van der Waals surface area contributed by atoms with Gasteiger partial charge in [-0.05, 0) is 31.2 Å². The van der Waals surface area contributed by atoms with Crippen molar-refractivity contribution in [3.05, 3.63) is 42.1 Å². The predicted octanol–water partition coefficient (Wildman–Crippen LogP) is 3.71. The maximum atomic E-state index is 13.3. The molecule has 1 atom stereocenters. The van der Waals surface area contributed by atoms with Crippen LogP contribution in [0.3, 0.4) is 0 Å². The van der Waals surface area contributed by atoms with Gasteiger partial charge in [0.2, 0.25) is 0 Å². The SMILES string of the molecule is C[C@H]1CNCCN1c1nc2cc(C(F)(F)F)cc(-c3ccccn3)c2o1. The summed E-state index contributed by atoms with van der Waals surface area (Å²) in [6.45, 7) is 4.23. The van der Waals surface area contributed by atoms with Crippen LogP contribution in [-0.2, 0) is 6.18 Å². The van der Waals surface area contributed by atoms with Gasteiger partial charge in [0, 0.05) is 37.4 Å². The van der Waals surface area contributed by atoms with E-state index in [0.29, 0.717) is 23.8 Å². The Hall–Kier alpha value is -2.61. The quantitative estimate of drug-likeness (QED) is 0.753. The number of aromatic nitrogens is 2. The Labute approximate surface area is 147 Å². The third kappa shape index (κ3) is 3.01. The van der Waals surface area contributed by atoms with Crippen molar-refractivity contribution in [2.45, 2.75) is 19.1 Å². The van der Waals surface area contributed by atoms with Crippen LogP contribution in [0.2, 0.25) is 0 Å². The molecule has 0 bridgehead atoms. The van der Waals surface area contributed by atoms with E-state index in [1.165, 1.54) is 6.20 Å². The molecule has 0 amide bonds. The summed E-state index contributed by atoms with van der Waals surface area (Å²) in [6.07, 6.45) is -2.93. The molecular formula is C18H17F3N4O. The molecule has 1 saturated heterocycles. The number of oxazole rings is 1. The highest BCUT2D eigenvalue weighted by molar-refractivity contribution is 5.91. The molecule has 4 rings (SSSR count). The molecule has 1 aromatic carbocycles. The first-order valence-electron chi connectivity index (χ1n) is 8.34. The number of hydrogen-bond acceptors (Lipinski definition) is 5. The fourth-order valence-electron chi connectivity index (χ4n) is 3.15. The van der Waals surface area contributed by atoms with Gasteiger partial charge >= 0.3 is 6.18 Å². The molecule has 2 aromatic heterocycles. The number of pyridine rings is 1. The van der Waals surface area contributed by atoms with Crippen LogP contribution in [0.15, 0.2) is 40.9 Å². The van der Waals surface area contributed by atoms with E-state index in [2.05, 4.69) is 15.3 Å². The highest BCUT2D eigenvalue weighted by Crippen LogP contribution is 2.38. The maximum absolute atomic E-state index is 13.3. The summed E-state index contributed by atoms with van der Waals surface area (Å²) in [7, 11) is 0. The first kappa shape index (κ1) is 16.8. The van der Waals surface area contributed by atoms with Crippen LogP contribution in [0.5, 0.6) is 0 Å². The fraction of sp³-hybridized carbons (Fsp3) is 0.333. The van der Waals surface area contributed by atoms with E-state index in [-0.39, 0.29) is 17.1 Å². The molecule has 0 radical (unpaired) electrons. The number of anilines is 1. The van der Waals surface area contributed by atoms with Gasteiger partial charge in [-0.15, -0.1) is 0 Å². The summed E-state index contributed by atoms with van der Waals surface area (Å²) in [5, 5.41) is 3.26. The molecule has 5 nitrogen and oxygen atoms in total. The van der Waals surface area contributed by atoms with E-state index in [0.717, 1.165) is 25.2 Å². The molecule has 1 fully saturated rings. The van der Waals surface area contributed by atoms with Crippen LogP contribution >= 0.6 is 0 Å². The van der Waals surface area contributed by atoms with E-state index in [9.17, 15) is 13.2 Å². The fourth-order valence-corrected chi connectivity index (χ4v) is 3.15. The zero-order chi connectivity index (χ0) is 18.3. The number of piperazine rings is 1. The zero-order valence-corrected chi connectivity index (χ0v) is 14.0. The van der Waals surface area contributed by atoms with Gasteiger partial charge in [-0.3, -0.25) is 4.98 Å². The van der Waals surface area contributed by atoms with Crippen molar-refractivity contribution >= 4 is 17.1 Å². The Morgan fingerprint density at radius 3 is 2.81 bits per heavy atom. The highest BCUT2D eigenvalue weighted by atomic mass is 19.4. The van der Waals surface area contributed by atoms with Crippen LogP contribution in [0, 0.1) is 0 Å². The lowest BCUT2D eigenvalue weighted by molar-refractivity contribution is -0.137. The Morgan fingerprint density at radius 1 is 1.27 bits per heavy atom. The van der Waals surface area contributed by atoms with Crippen LogP contribution in [-0.4, -0.2) is 35.6 Å². The molecule has 0 aliphatic carbocycles. The highest BCUT2D eigenvalue weighted by Gasteiger charge is 2.33. The Bertz CT molecular complexity index is 923. The minimum absolute atomic E-state index is 0.136. The van der Waals surface area contributed by atoms with Gasteiger partial charge < -0.3 is 14.6 Å². The lowest BCUT2D eigenvalue weighted by atomic mass is 10.1. The number of rotatable bonds is 2. The standard InChI is InChI=1S/C18H17F3N4O/c1-11-10-22-6-7-25(11)17-24-15-9-12(18(19,20)21)8-13(16(15)26-17)14-4-2-3-5-23-14/h2-5,8-9,11,22H,6-7,10H2,1H3/t11-/m0/s1. The molecule has 0 spiro atoms. The summed E-state index contributed by atoms with van der Waals surface area (Å²) < 4.78 is 45.9. The second-order valence-corrected chi connectivity index (χ2v) is 6.33. The van der Waals surface area contributed by atoms with Gasteiger partial charge in [-0.25, -0.2) is 0 Å². The Kier molecular flexibility index (Phi) is 4.07. The number of benzene rings is 1. The molecule has 3 heterocycles. The average Bonchev–Trinajstić information content (AvgIpc) is 3.05. The van der Waals surface area contributed by atoms with E-state index < -0.39 is 11.7 Å². The number of nitrogens with one attached hydrogen (secondary N) is 1. The molecule has 1 aliphatic rings. The van der Waals surface area contributed by atoms with Crippen LogP contribution < -0.4 is 10.2 Å². The van der Waals surface area contributed by atoms with Gasteiger partial charge in [0.05, 0.1) is 11.3 Å². The molecule has 8 heteroatoms. The van der Waals surface area contributed by atoms with Gasteiger partial charge in [0.25, 0.3) is 6.01 Å². The molecule has 1 aliphatic heterocycles. The third-order valence-corrected chi connectivity index (χ3v) is 4.49. The summed E-state index contributed by atoms with van der Waals surface area (Å²) >= 11 is 0. The minimum Gasteiger partial charge on any atom is -0.423 e.